The molecule has 0 bridgehead atoms. The Morgan fingerprint density at radius 2 is 1.37 bits per heavy atom. The molecule has 0 unspecified atom stereocenters. The summed E-state index contributed by atoms with van der Waals surface area (Å²) in [6.45, 7) is 2.15. The van der Waals surface area contributed by atoms with Gasteiger partial charge in [0.05, 0.1) is 20.3 Å². The minimum absolute atomic E-state index is 0.0454. The highest BCUT2D eigenvalue weighted by molar-refractivity contribution is 5.91. The first kappa shape index (κ1) is 36.5. The van der Waals surface area contributed by atoms with E-state index in [-0.39, 0.29) is 34.6 Å². The largest absolute Gasteiger partial charge is 0.507 e. The molecule has 2 aliphatic rings. The van der Waals surface area contributed by atoms with Crippen LogP contribution in [0, 0.1) is 0 Å². The van der Waals surface area contributed by atoms with Crippen LogP contribution in [0.5, 0.6) is 23.0 Å². The van der Waals surface area contributed by atoms with Crippen molar-refractivity contribution in [1.29, 1.82) is 0 Å². The van der Waals surface area contributed by atoms with Crippen molar-refractivity contribution in [2.24, 2.45) is 0 Å². The molecule has 1 aromatic heterocycles. The summed E-state index contributed by atoms with van der Waals surface area (Å²) in [5.41, 5.74) is 0.151. The van der Waals surface area contributed by atoms with Crippen molar-refractivity contribution in [2.75, 3.05) is 20.3 Å². The fourth-order valence-corrected chi connectivity index (χ4v) is 5.57. The van der Waals surface area contributed by atoms with Crippen LogP contribution in [0.1, 0.15) is 19.4 Å². The van der Waals surface area contributed by atoms with Crippen LogP contribution in [0.15, 0.2) is 51.2 Å². The van der Waals surface area contributed by atoms with Gasteiger partial charge in [0.1, 0.15) is 77.0 Å². The third-order valence-corrected chi connectivity index (χ3v) is 8.41. The molecule has 49 heavy (non-hydrogen) atoms. The number of hydrogen-bond donors (Lipinski definition) is 9. The monoisotopic (exact) mass is 692 g/mol. The van der Waals surface area contributed by atoms with Crippen molar-refractivity contribution in [2.45, 2.75) is 81.7 Å². The van der Waals surface area contributed by atoms with E-state index in [2.05, 4.69) is 0 Å². The molecule has 0 aliphatic carbocycles. The van der Waals surface area contributed by atoms with Crippen LogP contribution < -0.4 is 19.6 Å². The molecule has 5 rings (SSSR count). The average molecular weight is 693 g/mol. The second-order valence-electron chi connectivity index (χ2n) is 12.0. The minimum atomic E-state index is -1.88. The van der Waals surface area contributed by atoms with Crippen LogP contribution in [0.2, 0.25) is 0 Å². The summed E-state index contributed by atoms with van der Waals surface area (Å²) < 4.78 is 34.3. The molecule has 16 nitrogen and oxygen atoms in total. The number of rotatable bonds is 10. The summed E-state index contributed by atoms with van der Waals surface area (Å²) in [5, 5.41) is 92.6. The fourth-order valence-electron chi connectivity index (χ4n) is 5.57. The van der Waals surface area contributed by atoms with Crippen LogP contribution in [-0.2, 0) is 15.9 Å². The average Bonchev–Trinajstić information content (AvgIpc) is 3.09. The maximum atomic E-state index is 14.3. The van der Waals surface area contributed by atoms with Crippen LogP contribution in [0.25, 0.3) is 22.3 Å². The van der Waals surface area contributed by atoms with Crippen LogP contribution in [0.3, 0.4) is 0 Å². The first-order valence-corrected chi connectivity index (χ1v) is 15.4. The number of methoxy groups -OCH3 is 1. The lowest BCUT2D eigenvalue weighted by molar-refractivity contribution is -0.277. The van der Waals surface area contributed by atoms with Gasteiger partial charge in [-0.05, 0) is 44.5 Å². The molecule has 9 N–H and O–H groups in total. The maximum absolute atomic E-state index is 14.3. The number of phenols is 1. The number of phenolic OH excluding ortho intramolecular Hbond substituents is 1. The van der Waals surface area contributed by atoms with Gasteiger partial charge in [-0.3, -0.25) is 4.79 Å². The molecule has 0 spiro atoms. The predicted octanol–water partition coefficient (Wildman–Crippen LogP) is -0.960. The van der Waals surface area contributed by atoms with Crippen molar-refractivity contribution in [1.82, 2.24) is 0 Å². The number of hydrogen-bond acceptors (Lipinski definition) is 16. The molecule has 0 saturated carbocycles. The van der Waals surface area contributed by atoms with Gasteiger partial charge in [-0.25, -0.2) is 0 Å². The lowest BCUT2D eigenvalue weighted by Gasteiger charge is -2.39. The standard InChI is InChI=1S/C33H40O16/c1-13(2)4-9-16-18(45-32-27(42)25(40)22(37)19(11-34)46-32)10-17(36)21-24(39)31(49-33-28(43)26(41)23(38)20(12-35)47-33)29(48-30(16)21)14-5-7-15(44-3)8-6-14/h4-8,10,19-20,22-23,25-28,32-38,40-43H,9,11-12H2,1-3H3/t19-,20+,22+,23+,25-,26-,27+,28-,32+,33-/m0/s1. The van der Waals surface area contributed by atoms with Gasteiger partial charge in [0, 0.05) is 17.2 Å². The van der Waals surface area contributed by atoms with Gasteiger partial charge >= 0.3 is 0 Å². The van der Waals surface area contributed by atoms with E-state index >= 15 is 0 Å². The second kappa shape index (κ2) is 15.0. The van der Waals surface area contributed by atoms with E-state index in [1.807, 2.05) is 13.8 Å². The molecule has 0 amide bonds. The molecule has 2 aliphatic heterocycles. The molecular formula is C33H40O16. The Balaban J connectivity index is 1.71. The zero-order valence-electron chi connectivity index (χ0n) is 26.7. The molecule has 0 radical (unpaired) electrons. The highest BCUT2D eigenvalue weighted by Crippen LogP contribution is 2.41. The van der Waals surface area contributed by atoms with Crippen molar-refractivity contribution >= 4 is 11.0 Å². The van der Waals surface area contributed by atoms with E-state index in [9.17, 15) is 50.8 Å². The fraction of sp³-hybridized carbons (Fsp3) is 0.485. The molecule has 10 atom stereocenters. The Labute approximate surface area is 279 Å². The lowest BCUT2D eigenvalue weighted by atomic mass is 9.99. The summed E-state index contributed by atoms with van der Waals surface area (Å²) in [5.74, 6) is -1.14. The predicted molar refractivity (Wildman–Crippen MR) is 168 cm³/mol. The van der Waals surface area contributed by atoms with Gasteiger partial charge in [-0.15, -0.1) is 0 Å². The molecule has 268 valence electrons. The summed E-state index contributed by atoms with van der Waals surface area (Å²) in [6, 6.07) is 7.26. The van der Waals surface area contributed by atoms with Crippen LogP contribution >= 0.6 is 0 Å². The Bertz CT molecular complexity index is 1700. The minimum Gasteiger partial charge on any atom is -0.507 e. The van der Waals surface area contributed by atoms with Crippen molar-refractivity contribution in [3.8, 4) is 34.3 Å². The molecule has 16 heteroatoms. The molecule has 2 saturated heterocycles. The Hall–Kier alpha value is -3.81. The summed E-state index contributed by atoms with van der Waals surface area (Å²) in [4.78, 5) is 14.3. The summed E-state index contributed by atoms with van der Waals surface area (Å²) >= 11 is 0. The summed E-state index contributed by atoms with van der Waals surface area (Å²) in [7, 11) is 1.45. The topological polar surface area (TPSA) is 258 Å². The van der Waals surface area contributed by atoms with E-state index in [4.69, 9.17) is 28.1 Å². The molecule has 3 aromatic rings. The first-order chi connectivity index (χ1) is 23.3. The third-order valence-electron chi connectivity index (χ3n) is 8.41. The lowest BCUT2D eigenvalue weighted by Crippen LogP contribution is -2.60. The number of aliphatic hydroxyl groups excluding tert-OH is 8. The molecule has 2 aromatic carbocycles. The third kappa shape index (κ3) is 7.11. The number of fused-ring (bicyclic) bond motifs is 1. The zero-order chi connectivity index (χ0) is 35.7. The van der Waals surface area contributed by atoms with E-state index in [0.29, 0.717) is 5.75 Å². The van der Waals surface area contributed by atoms with E-state index < -0.39 is 96.9 Å². The molecular weight excluding hydrogens is 652 g/mol. The second-order valence-corrected chi connectivity index (χ2v) is 12.0. The molecule has 2 fully saturated rings. The normalized spacial score (nSPS) is 30.2. The van der Waals surface area contributed by atoms with E-state index in [1.165, 1.54) is 19.2 Å². The number of allylic oxidation sites excluding steroid dienone is 2. The van der Waals surface area contributed by atoms with Gasteiger partial charge < -0.3 is 74.1 Å². The number of ether oxygens (including phenoxy) is 5. The van der Waals surface area contributed by atoms with Crippen LogP contribution in [0.4, 0.5) is 0 Å². The van der Waals surface area contributed by atoms with E-state index in [1.54, 1.807) is 18.2 Å². The van der Waals surface area contributed by atoms with Crippen molar-refractivity contribution in [3.63, 3.8) is 0 Å². The smallest absolute Gasteiger partial charge is 0.239 e. The first-order valence-electron chi connectivity index (χ1n) is 15.4. The van der Waals surface area contributed by atoms with Crippen LogP contribution in [-0.4, -0.2) is 128 Å². The Morgan fingerprint density at radius 3 is 1.88 bits per heavy atom. The SMILES string of the molecule is COc1ccc(-c2oc3c(CC=C(C)C)c(O[C@@H]4O[C@@H](CO)[C@@H](O)[C@H](O)[C@H]4O)cc(O)c3c(=O)c2O[C@@H]2O[C@H](CO)[C@@H](O)[C@H](O)[C@@H]2O)cc1. The maximum Gasteiger partial charge on any atom is 0.239 e. The van der Waals surface area contributed by atoms with Crippen molar-refractivity contribution < 1.29 is 74.1 Å². The Kier molecular flexibility index (Phi) is 11.1. The summed E-state index contributed by atoms with van der Waals surface area (Å²) in [6.07, 6.45) is -14.9. The zero-order valence-corrected chi connectivity index (χ0v) is 26.7. The highest BCUT2D eigenvalue weighted by Gasteiger charge is 2.46. The van der Waals surface area contributed by atoms with Gasteiger partial charge in [0.25, 0.3) is 0 Å². The van der Waals surface area contributed by atoms with E-state index in [0.717, 1.165) is 11.6 Å². The molecule has 3 heterocycles. The van der Waals surface area contributed by atoms with Crippen molar-refractivity contribution in [3.05, 3.63) is 57.8 Å². The van der Waals surface area contributed by atoms with Gasteiger partial charge in [-0.1, -0.05) is 11.6 Å². The quantitative estimate of drug-likeness (QED) is 0.116. The number of aliphatic hydroxyl groups is 8. The number of aromatic hydroxyl groups is 1. The highest BCUT2D eigenvalue weighted by atomic mass is 16.7. The van der Waals surface area contributed by atoms with Gasteiger partial charge in [0.15, 0.2) is 5.76 Å². The van der Waals surface area contributed by atoms with Gasteiger partial charge in [0.2, 0.25) is 23.8 Å². The van der Waals surface area contributed by atoms with Gasteiger partial charge in [-0.2, -0.15) is 0 Å². The number of benzene rings is 2. The Morgan fingerprint density at radius 1 is 0.816 bits per heavy atom.